The molecule has 0 spiro atoms. The van der Waals surface area contributed by atoms with Gasteiger partial charge in [0.15, 0.2) is 0 Å². The summed E-state index contributed by atoms with van der Waals surface area (Å²) >= 11 is 0. The van der Waals surface area contributed by atoms with Crippen molar-refractivity contribution in [2.24, 2.45) is 0 Å². The molecule has 35 heavy (non-hydrogen) atoms. The molecular weight excluding hydrogens is 481 g/mol. The van der Waals surface area contributed by atoms with Gasteiger partial charge in [-0.25, -0.2) is 13.2 Å². The first-order valence-electron chi connectivity index (χ1n) is 10.8. The van der Waals surface area contributed by atoms with E-state index in [1.807, 2.05) is 0 Å². The van der Waals surface area contributed by atoms with Crippen LogP contribution in [0.25, 0.3) is 0 Å². The van der Waals surface area contributed by atoms with E-state index in [1.165, 1.54) is 46.8 Å². The fraction of sp³-hybridized carbons (Fsp3) is 0.240. The van der Waals surface area contributed by atoms with Gasteiger partial charge in [-0.15, -0.1) is 0 Å². The smallest absolute Gasteiger partial charge is 0.416 e. The Labute approximate surface area is 201 Å². The third-order valence-electron chi connectivity index (χ3n) is 5.97. The zero-order chi connectivity index (χ0) is 25.6. The van der Waals surface area contributed by atoms with Gasteiger partial charge in [-0.1, -0.05) is 30.3 Å². The second-order valence-corrected chi connectivity index (χ2v) is 10.4. The number of rotatable bonds is 6. The molecule has 3 aromatic rings. The van der Waals surface area contributed by atoms with Crippen molar-refractivity contribution in [3.05, 3.63) is 95.1 Å². The van der Waals surface area contributed by atoms with Crippen LogP contribution in [-0.4, -0.2) is 29.8 Å². The predicted molar refractivity (Wildman–Crippen MR) is 124 cm³/mol. The van der Waals surface area contributed by atoms with Crippen molar-refractivity contribution in [3.63, 3.8) is 0 Å². The van der Waals surface area contributed by atoms with Crippen LogP contribution in [0.1, 0.15) is 40.9 Å². The lowest BCUT2D eigenvalue weighted by atomic mass is 9.93. The van der Waals surface area contributed by atoms with Gasteiger partial charge in [0.05, 0.1) is 16.0 Å². The van der Waals surface area contributed by atoms with Gasteiger partial charge in [0, 0.05) is 18.2 Å². The Bertz CT molecular complexity index is 1360. The average Bonchev–Trinajstić information content (AvgIpc) is 3.17. The summed E-state index contributed by atoms with van der Waals surface area (Å²) in [7, 11) is -4.14. The summed E-state index contributed by atoms with van der Waals surface area (Å²) in [6, 6.07) is 16.1. The lowest BCUT2D eigenvalue weighted by molar-refractivity contribution is -0.137. The molecule has 0 radical (unpaired) electrons. The molecular formula is C25H23F3N2O4S. The summed E-state index contributed by atoms with van der Waals surface area (Å²) in [4.78, 5) is 11.4. The summed E-state index contributed by atoms with van der Waals surface area (Å²) in [6.45, 7) is 3.36. The van der Waals surface area contributed by atoms with Crippen molar-refractivity contribution < 1.29 is 31.5 Å². The van der Waals surface area contributed by atoms with Crippen molar-refractivity contribution in [2.75, 3.05) is 5.32 Å². The summed E-state index contributed by atoms with van der Waals surface area (Å²) < 4.78 is 69.3. The van der Waals surface area contributed by atoms with Crippen molar-refractivity contribution in [2.45, 2.75) is 43.0 Å². The van der Waals surface area contributed by atoms with Crippen LogP contribution in [0.2, 0.25) is 0 Å². The lowest BCUT2D eigenvalue weighted by Crippen LogP contribution is -2.56. The molecule has 0 amide bonds. The molecule has 4 rings (SSSR count). The van der Waals surface area contributed by atoms with Gasteiger partial charge in [0.2, 0.25) is 10.0 Å². The molecule has 1 aliphatic rings. The number of fused-ring (bicyclic) bond motifs is 1. The van der Waals surface area contributed by atoms with Crippen LogP contribution >= 0.6 is 0 Å². The van der Waals surface area contributed by atoms with Crippen LogP contribution in [0.4, 0.5) is 18.9 Å². The van der Waals surface area contributed by atoms with Crippen LogP contribution in [-0.2, 0) is 28.3 Å². The van der Waals surface area contributed by atoms with Crippen LogP contribution in [0.15, 0.2) is 77.7 Å². The van der Waals surface area contributed by atoms with Gasteiger partial charge in [-0.2, -0.15) is 17.5 Å². The van der Waals surface area contributed by atoms with Gasteiger partial charge >= 0.3 is 12.1 Å². The predicted octanol–water partition coefficient (Wildman–Crippen LogP) is 5.32. The van der Waals surface area contributed by atoms with Gasteiger partial charge in [-0.05, 0) is 67.4 Å². The van der Waals surface area contributed by atoms with E-state index in [0.717, 1.165) is 12.1 Å². The van der Waals surface area contributed by atoms with E-state index in [0.29, 0.717) is 16.8 Å². The normalized spacial score (nSPS) is 17.9. The zero-order valence-corrected chi connectivity index (χ0v) is 19.7. The Morgan fingerprint density at radius 2 is 1.66 bits per heavy atom. The molecule has 0 saturated heterocycles. The maximum Gasteiger partial charge on any atom is 0.416 e. The number of hydrogen-bond donors (Lipinski definition) is 2. The highest BCUT2D eigenvalue weighted by molar-refractivity contribution is 7.89. The molecule has 0 aromatic heterocycles. The largest absolute Gasteiger partial charge is 0.478 e. The van der Waals surface area contributed by atoms with E-state index in [9.17, 15) is 31.5 Å². The van der Waals surface area contributed by atoms with Crippen LogP contribution in [0.3, 0.4) is 0 Å². The summed E-state index contributed by atoms with van der Waals surface area (Å²) in [6.07, 6.45) is -4.65. The minimum Gasteiger partial charge on any atom is -0.478 e. The highest BCUT2D eigenvalue weighted by atomic mass is 32.2. The molecule has 0 saturated carbocycles. The molecule has 1 atom stereocenters. The van der Waals surface area contributed by atoms with Gasteiger partial charge in [0.1, 0.15) is 5.66 Å². The number of aromatic carboxylic acids is 1. The van der Waals surface area contributed by atoms with Crippen molar-refractivity contribution in [1.29, 1.82) is 0 Å². The molecule has 1 aliphatic heterocycles. The summed E-state index contributed by atoms with van der Waals surface area (Å²) in [5, 5.41) is 12.5. The average molecular weight is 505 g/mol. The standard InChI is InChI=1S/C25H23F3N2O4S/c1-16(2)30(35(33,34)21-6-4-3-5-7-21)24(19-10-8-17(9-11-19)23(31)32)15-18-14-20(25(26,27)28)12-13-22(18)29-24/h3-14,16,29H,15H2,1-2H3,(H,31,32). The number of halogens is 3. The van der Waals surface area contributed by atoms with E-state index in [1.54, 1.807) is 32.0 Å². The maximum atomic E-state index is 13.9. The second-order valence-electron chi connectivity index (χ2n) is 8.62. The van der Waals surface area contributed by atoms with Crippen LogP contribution < -0.4 is 5.32 Å². The quantitative estimate of drug-likeness (QED) is 0.474. The van der Waals surface area contributed by atoms with Crippen molar-refractivity contribution in [3.8, 4) is 0 Å². The SMILES string of the molecule is CC(C)N(C1(c2ccc(C(=O)O)cc2)Cc2cc(C(F)(F)F)ccc2N1)S(=O)(=O)c1ccccc1. The number of anilines is 1. The van der Waals surface area contributed by atoms with Crippen LogP contribution in [0, 0.1) is 0 Å². The molecule has 3 aromatic carbocycles. The molecule has 6 nitrogen and oxygen atoms in total. The Hall–Kier alpha value is -3.37. The maximum absolute atomic E-state index is 13.9. The third-order valence-corrected chi connectivity index (χ3v) is 8.09. The number of carboxylic acids is 1. The van der Waals surface area contributed by atoms with E-state index in [-0.39, 0.29) is 16.9 Å². The number of carboxylic acid groups (broad SMARTS) is 1. The fourth-order valence-corrected chi connectivity index (χ4v) is 6.44. The highest BCUT2D eigenvalue weighted by Gasteiger charge is 2.51. The number of nitrogens with one attached hydrogen (secondary N) is 1. The van der Waals surface area contributed by atoms with E-state index < -0.39 is 39.4 Å². The molecule has 1 heterocycles. The number of carbonyl (C=O) groups is 1. The van der Waals surface area contributed by atoms with E-state index in [4.69, 9.17) is 0 Å². The summed E-state index contributed by atoms with van der Waals surface area (Å²) in [5.74, 6) is -1.15. The lowest BCUT2D eigenvalue weighted by Gasteiger charge is -2.43. The molecule has 0 bridgehead atoms. The Morgan fingerprint density at radius 1 is 1.03 bits per heavy atom. The zero-order valence-electron chi connectivity index (χ0n) is 18.9. The number of sulfonamides is 1. The molecule has 10 heteroatoms. The number of hydrogen-bond acceptors (Lipinski definition) is 4. The second kappa shape index (κ2) is 8.69. The first kappa shape index (κ1) is 24.7. The van der Waals surface area contributed by atoms with Gasteiger partial charge in [0.25, 0.3) is 0 Å². The van der Waals surface area contributed by atoms with Gasteiger partial charge < -0.3 is 10.4 Å². The number of alkyl halides is 3. The van der Waals surface area contributed by atoms with Crippen molar-refractivity contribution >= 4 is 21.7 Å². The minimum absolute atomic E-state index is 0.000724. The molecule has 0 aliphatic carbocycles. The highest BCUT2D eigenvalue weighted by Crippen LogP contribution is 2.46. The summed E-state index contributed by atoms with van der Waals surface area (Å²) in [5.41, 5.74) is -1.25. The minimum atomic E-state index is -4.56. The molecule has 2 N–H and O–H groups in total. The molecule has 0 fully saturated rings. The third kappa shape index (κ3) is 4.39. The van der Waals surface area contributed by atoms with E-state index in [2.05, 4.69) is 5.32 Å². The monoisotopic (exact) mass is 504 g/mol. The number of nitrogens with zero attached hydrogens (tertiary/aromatic N) is 1. The first-order valence-corrected chi connectivity index (χ1v) is 12.2. The molecule has 1 unspecified atom stereocenters. The Balaban J connectivity index is 1.93. The van der Waals surface area contributed by atoms with E-state index >= 15 is 0 Å². The molecule has 184 valence electrons. The topological polar surface area (TPSA) is 86.7 Å². The first-order chi connectivity index (χ1) is 16.4. The number of benzene rings is 3. The Kier molecular flexibility index (Phi) is 6.14. The van der Waals surface area contributed by atoms with Gasteiger partial charge in [-0.3, -0.25) is 0 Å². The van der Waals surface area contributed by atoms with Crippen LogP contribution in [0.5, 0.6) is 0 Å². The fourth-order valence-electron chi connectivity index (χ4n) is 4.53. The Morgan fingerprint density at radius 3 is 2.20 bits per heavy atom. The van der Waals surface area contributed by atoms with Crippen molar-refractivity contribution in [1.82, 2.24) is 4.31 Å².